The van der Waals surface area contributed by atoms with Crippen molar-refractivity contribution in [3.63, 3.8) is 0 Å². The van der Waals surface area contributed by atoms with Crippen LogP contribution in [0, 0.1) is 0 Å². The Kier molecular flexibility index (Phi) is 4.08. The fraction of sp³-hybridized carbons (Fsp3) is 0.333. The maximum Gasteiger partial charge on any atom is 0.242 e. The van der Waals surface area contributed by atoms with Gasteiger partial charge in [0.25, 0.3) is 0 Å². The van der Waals surface area contributed by atoms with Gasteiger partial charge < -0.3 is 15.0 Å². The average Bonchev–Trinajstić information content (AvgIpc) is 2.49. The molecular weight excluding hydrogens is 270 g/mol. The second-order valence-corrected chi connectivity index (χ2v) is 5.33. The Hall–Kier alpha value is -1.72. The molecule has 1 N–H and O–H groups in total. The molecule has 0 bridgehead atoms. The van der Waals surface area contributed by atoms with Crippen molar-refractivity contribution in [2.24, 2.45) is 0 Å². The lowest BCUT2D eigenvalue weighted by Gasteiger charge is -2.30. The molecule has 104 valence electrons. The zero-order valence-corrected chi connectivity index (χ0v) is 12.0. The Morgan fingerprint density at radius 2 is 2.15 bits per heavy atom. The van der Waals surface area contributed by atoms with E-state index in [0.29, 0.717) is 12.3 Å². The smallest absolute Gasteiger partial charge is 0.242 e. The lowest BCUT2D eigenvalue weighted by atomic mass is 10.1. The van der Waals surface area contributed by atoms with Crippen molar-refractivity contribution in [1.82, 2.24) is 10.3 Å². The number of pyridine rings is 1. The van der Waals surface area contributed by atoms with Crippen molar-refractivity contribution in [2.45, 2.75) is 6.42 Å². The summed E-state index contributed by atoms with van der Waals surface area (Å²) in [5.74, 6) is 1.52. The Bertz CT molecular complexity index is 562. The minimum absolute atomic E-state index is 0.666. The number of thiocarbonyl (C=S) groups is 1. The van der Waals surface area contributed by atoms with E-state index in [2.05, 4.69) is 21.3 Å². The molecule has 0 aromatic carbocycles. The largest absolute Gasteiger partial charge is 0.441 e. The highest BCUT2D eigenvalue weighted by Crippen LogP contribution is 2.28. The minimum Gasteiger partial charge on any atom is -0.441 e. The number of aromatic nitrogens is 1. The Balaban J connectivity index is 1.80. The Labute approximate surface area is 124 Å². The van der Waals surface area contributed by atoms with E-state index in [1.165, 1.54) is 0 Å². The van der Waals surface area contributed by atoms with Crippen molar-refractivity contribution in [3.05, 3.63) is 42.3 Å². The molecule has 1 aliphatic carbocycles. The standard InChI is InChI=1S/C15H17N3OS/c20-13-4-1-3-12(11-13)19-15-14(5-2-6-17-15)18-9-7-16-8-10-18/h1-6,16H,7-11H2. The van der Waals surface area contributed by atoms with Crippen molar-refractivity contribution < 1.29 is 4.74 Å². The molecule has 1 aliphatic heterocycles. The number of nitrogens with one attached hydrogen (secondary N) is 1. The van der Waals surface area contributed by atoms with Gasteiger partial charge in [0.05, 0.1) is 0 Å². The lowest BCUT2D eigenvalue weighted by Crippen LogP contribution is -2.43. The van der Waals surface area contributed by atoms with Crippen molar-refractivity contribution in [2.75, 3.05) is 31.1 Å². The summed E-state index contributed by atoms with van der Waals surface area (Å²) in [5, 5.41) is 3.35. The van der Waals surface area contributed by atoms with Crippen LogP contribution in [0.3, 0.4) is 0 Å². The average molecular weight is 287 g/mol. The maximum absolute atomic E-state index is 5.96. The van der Waals surface area contributed by atoms with Crippen LogP contribution in [0.25, 0.3) is 0 Å². The molecule has 0 atom stereocenters. The summed E-state index contributed by atoms with van der Waals surface area (Å²) in [6, 6.07) is 4.01. The number of nitrogens with zero attached hydrogens (tertiary/aromatic N) is 2. The van der Waals surface area contributed by atoms with E-state index in [4.69, 9.17) is 17.0 Å². The molecule has 0 spiro atoms. The van der Waals surface area contributed by atoms with E-state index in [9.17, 15) is 0 Å². The molecule has 20 heavy (non-hydrogen) atoms. The van der Waals surface area contributed by atoms with Crippen LogP contribution >= 0.6 is 12.2 Å². The van der Waals surface area contributed by atoms with Crippen LogP contribution in [0.2, 0.25) is 0 Å². The quantitative estimate of drug-likeness (QED) is 0.862. The van der Waals surface area contributed by atoms with Crippen LogP contribution in [0.5, 0.6) is 5.88 Å². The third-order valence-corrected chi connectivity index (χ3v) is 3.63. The van der Waals surface area contributed by atoms with Crippen LogP contribution in [-0.4, -0.2) is 36.0 Å². The number of piperazine rings is 1. The maximum atomic E-state index is 5.96. The van der Waals surface area contributed by atoms with Crippen LogP contribution in [0.1, 0.15) is 6.42 Å². The molecule has 1 aromatic heterocycles. The summed E-state index contributed by atoms with van der Waals surface area (Å²) in [6.45, 7) is 3.92. The first-order valence-electron chi connectivity index (χ1n) is 6.81. The third kappa shape index (κ3) is 3.05. The molecule has 0 unspecified atom stereocenters. The predicted molar refractivity (Wildman–Crippen MR) is 84.4 cm³/mol. The zero-order valence-electron chi connectivity index (χ0n) is 11.2. The van der Waals surface area contributed by atoms with Gasteiger partial charge in [-0.05, 0) is 24.3 Å². The summed E-state index contributed by atoms with van der Waals surface area (Å²) in [5.41, 5.74) is 1.05. The van der Waals surface area contributed by atoms with Gasteiger partial charge >= 0.3 is 0 Å². The van der Waals surface area contributed by atoms with E-state index in [-0.39, 0.29) is 0 Å². The van der Waals surface area contributed by atoms with Gasteiger partial charge in [-0.25, -0.2) is 4.98 Å². The topological polar surface area (TPSA) is 37.4 Å². The molecule has 4 nitrogen and oxygen atoms in total. The first-order chi connectivity index (χ1) is 9.83. The van der Waals surface area contributed by atoms with Crippen LogP contribution in [0.4, 0.5) is 5.69 Å². The normalized spacial score (nSPS) is 18.9. The SMILES string of the molecule is S=C1C=CC=C(Oc2ncccc2N2CCNCC2)C1. The highest BCUT2D eigenvalue weighted by molar-refractivity contribution is 7.80. The second-order valence-electron chi connectivity index (χ2n) is 4.80. The number of rotatable bonds is 3. The Morgan fingerprint density at radius 1 is 1.30 bits per heavy atom. The molecule has 5 heteroatoms. The van der Waals surface area contributed by atoms with Gasteiger partial charge in [0.1, 0.15) is 11.4 Å². The van der Waals surface area contributed by atoms with E-state index in [1.54, 1.807) is 6.20 Å². The fourth-order valence-electron chi connectivity index (χ4n) is 2.35. The first kappa shape index (κ1) is 13.3. The molecule has 0 radical (unpaired) electrons. The van der Waals surface area contributed by atoms with Crippen LogP contribution in [-0.2, 0) is 0 Å². The molecule has 1 aromatic rings. The van der Waals surface area contributed by atoms with E-state index >= 15 is 0 Å². The molecule has 3 rings (SSSR count). The van der Waals surface area contributed by atoms with E-state index < -0.39 is 0 Å². The first-order valence-corrected chi connectivity index (χ1v) is 7.22. The molecule has 1 saturated heterocycles. The predicted octanol–water partition coefficient (Wildman–Crippen LogP) is 2.08. The highest BCUT2D eigenvalue weighted by atomic mass is 32.1. The zero-order chi connectivity index (χ0) is 13.8. The molecule has 0 saturated carbocycles. The number of ether oxygens (including phenoxy) is 1. The number of anilines is 1. The number of hydrogen-bond acceptors (Lipinski definition) is 5. The summed E-state index contributed by atoms with van der Waals surface area (Å²) >= 11 is 5.21. The van der Waals surface area contributed by atoms with E-state index in [0.717, 1.165) is 42.5 Å². The molecule has 2 heterocycles. The second kappa shape index (κ2) is 6.15. The Morgan fingerprint density at radius 3 is 2.95 bits per heavy atom. The monoisotopic (exact) mass is 287 g/mol. The van der Waals surface area contributed by atoms with Gasteiger partial charge in [0, 0.05) is 43.7 Å². The van der Waals surface area contributed by atoms with E-state index in [1.807, 2.05) is 24.3 Å². The van der Waals surface area contributed by atoms with Crippen molar-refractivity contribution in [1.29, 1.82) is 0 Å². The van der Waals surface area contributed by atoms with Gasteiger partial charge in [-0.2, -0.15) is 0 Å². The number of allylic oxidation sites excluding steroid dienone is 4. The molecule has 2 aliphatic rings. The van der Waals surface area contributed by atoms with Gasteiger partial charge in [-0.15, -0.1) is 0 Å². The van der Waals surface area contributed by atoms with Gasteiger partial charge in [0.15, 0.2) is 0 Å². The van der Waals surface area contributed by atoms with Gasteiger partial charge in [-0.1, -0.05) is 18.3 Å². The summed E-state index contributed by atoms with van der Waals surface area (Å²) in [4.78, 5) is 7.57. The molecule has 0 amide bonds. The minimum atomic E-state index is 0.666. The summed E-state index contributed by atoms with van der Waals surface area (Å²) in [6.07, 6.45) is 8.24. The van der Waals surface area contributed by atoms with Crippen LogP contribution < -0.4 is 15.0 Å². The summed E-state index contributed by atoms with van der Waals surface area (Å²) < 4.78 is 5.96. The number of hydrogen-bond donors (Lipinski definition) is 1. The molecular formula is C15H17N3OS. The fourth-order valence-corrected chi connectivity index (χ4v) is 2.57. The lowest BCUT2D eigenvalue weighted by molar-refractivity contribution is 0.401. The highest BCUT2D eigenvalue weighted by Gasteiger charge is 2.17. The van der Waals surface area contributed by atoms with Crippen molar-refractivity contribution >= 4 is 22.8 Å². The van der Waals surface area contributed by atoms with Crippen LogP contribution in [0.15, 0.2) is 42.3 Å². The van der Waals surface area contributed by atoms with Crippen molar-refractivity contribution in [3.8, 4) is 5.88 Å². The summed E-state index contributed by atoms with van der Waals surface area (Å²) in [7, 11) is 0. The van der Waals surface area contributed by atoms with Gasteiger partial charge in [0.2, 0.25) is 5.88 Å². The third-order valence-electron chi connectivity index (χ3n) is 3.35. The molecule has 1 fully saturated rings. The van der Waals surface area contributed by atoms with Gasteiger partial charge in [-0.3, -0.25) is 0 Å².